The molecule has 5 nitrogen and oxygen atoms in total. The number of nitrogens with zero attached hydrogens (tertiary/aromatic N) is 3. The molecule has 1 aliphatic rings. The highest BCUT2D eigenvalue weighted by atomic mass is 35.5. The second-order valence-electron chi connectivity index (χ2n) is 7.04. The summed E-state index contributed by atoms with van der Waals surface area (Å²) in [6.45, 7) is 7.93. The predicted molar refractivity (Wildman–Crippen MR) is 107 cm³/mol. The number of carbonyl (C=O) groups excluding carboxylic acids is 1. The summed E-state index contributed by atoms with van der Waals surface area (Å²) in [5.41, 5.74) is 1.52. The maximum Gasteiger partial charge on any atom is 0.255 e. The van der Waals surface area contributed by atoms with Crippen molar-refractivity contribution < 1.29 is 4.79 Å². The number of carbonyl (C=O) groups is 1. The van der Waals surface area contributed by atoms with E-state index in [0.717, 1.165) is 36.6 Å². The molecule has 1 aliphatic heterocycles. The van der Waals surface area contributed by atoms with Gasteiger partial charge in [-0.15, -0.1) is 11.3 Å². The molecule has 2 aromatic heterocycles. The van der Waals surface area contributed by atoms with E-state index in [1.54, 1.807) is 23.6 Å². The normalized spacial score (nSPS) is 16.0. The van der Waals surface area contributed by atoms with Gasteiger partial charge in [-0.2, -0.15) is 0 Å². The Kier molecular flexibility index (Phi) is 6.14. The van der Waals surface area contributed by atoms with E-state index in [1.807, 2.05) is 11.8 Å². The van der Waals surface area contributed by atoms with Crippen molar-refractivity contribution in [2.24, 2.45) is 0 Å². The molecule has 3 heterocycles. The molecule has 2 aromatic rings. The number of likely N-dealkylation sites (tertiary alicyclic amines) is 1. The first kappa shape index (κ1) is 19.1. The van der Waals surface area contributed by atoms with Crippen LogP contribution in [-0.4, -0.2) is 33.9 Å². The van der Waals surface area contributed by atoms with Crippen LogP contribution < -0.4 is 5.32 Å². The van der Waals surface area contributed by atoms with Crippen LogP contribution in [0.3, 0.4) is 0 Å². The third-order valence-corrected chi connectivity index (χ3v) is 6.01. The van der Waals surface area contributed by atoms with Crippen molar-refractivity contribution in [2.75, 3.05) is 18.4 Å². The average Bonchev–Trinajstić information content (AvgIpc) is 3.14. The lowest BCUT2D eigenvalue weighted by atomic mass is 10.1. The molecule has 0 bridgehead atoms. The summed E-state index contributed by atoms with van der Waals surface area (Å²) in [5, 5.41) is 6.94. The van der Waals surface area contributed by atoms with Gasteiger partial charge in [0.25, 0.3) is 5.91 Å². The molecule has 7 heteroatoms. The van der Waals surface area contributed by atoms with Crippen molar-refractivity contribution in [1.29, 1.82) is 0 Å². The van der Waals surface area contributed by atoms with Crippen LogP contribution >= 0.6 is 22.9 Å². The van der Waals surface area contributed by atoms with Crippen LogP contribution in [0, 0.1) is 0 Å². The molecule has 26 heavy (non-hydrogen) atoms. The first-order valence-electron chi connectivity index (χ1n) is 9.12. The number of thiazole rings is 1. The molecule has 0 spiro atoms. The van der Waals surface area contributed by atoms with Crippen LogP contribution in [0.2, 0.25) is 5.02 Å². The van der Waals surface area contributed by atoms with Crippen LogP contribution in [-0.2, 0) is 0 Å². The molecule has 1 atom stereocenters. The Labute approximate surface area is 163 Å². The first-order chi connectivity index (χ1) is 12.5. The molecule has 0 aromatic carbocycles. The molecule has 1 amide bonds. The van der Waals surface area contributed by atoms with Crippen molar-refractivity contribution >= 4 is 34.7 Å². The Hall–Kier alpha value is -1.66. The summed E-state index contributed by atoms with van der Waals surface area (Å²) in [6.07, 6.45) is 4.93. The van der Waals surface area contributed by atoms with Gasteiger partial charge in [0.15, 0.2) is 0 Å². The molecule has 3 rings (SSSR count). The van der Waals surface area contributed by atoms with E-state index in [1.165, 1.54) is 6.42 Å². The lowest BCUT2D eigenvalue weighted by Gasteiger charge is -2.26. The van der Waals surface area contributed by atoms with Crippen LogP contribution in [0.25, 0.3) is 0 Å². The number of halogens is 1. The highest BCUT2D eigenvalue weighted by molar-refractivity contribution is 7.09. The zero-order chi connectivity index (χ0) is 18.7. The fourth-order valence-electron chi connectivity index (χ4n) is 2.98. The molecule has 0 aliphatic carbocycles. The van der Waals surface area contributed by atoms with Gasteiger partial charge < -0.3 is 10.2 Å². The SMILES string of the molecule is CC(C)c1nc(C(C)Nc2ncc(C(=O)N3CCCCC3)cc2Cl)cs1. The van der Waals surface area contributed by atoms with Crippen molar-refractivity contribution in [2.45, 2.75) is 52.0 Å². The number of anilines is 1. The van der Waals surface area contributed by atoms with E-state index in [-0.39, 0.29) is 11.9 Å². The number of nitrogens with one attached hydrogen (secondary N) is 1. The topological polar surface area (TPSA) is 58.1 Å². The minimum atomic E-state index is -0.00704. The minimum absolute atomic E-state index is 0.00704. The zero-order valence-corrected chi connectivity index (χ0v) is 17.0. The Bertz CT molecular complexity index is 771. The lowest BCUT2D eigenvalue weighted by Crippen LogP contribution is -2.35. The largest absolute Gasteiger partial charge is 0.361 e. The Balaban J connectivity index is 1.69. The minimum Gasteiger partial charge on any atom is -0.361 e. The number of hydrogen-bond donors (Lipinski definition) is 1. The van der Waals surface area contributed by atoms with Gasteiger partial charge in [0, 0.05) is 30.6 Å². The van der Waals surface area contributed by atoms with E-state index in [9.17, 15) is 4.79 Å². The number of amides is 1. The van der Waals surface area contributed by atoms with Gasteiger partial charge in [0.1, 0.15) is 5.82 Å². The number of rotatable bonds is 5. The first-order valence-corrected chi connectivity index (χ1v) is 10.4. The van der Waals surface area contributed by atoms with Crippen molar-refractivity contribution in [3.05, 3.63) is 38.9 Å². The van der Waals surface area contributed by atoms with E-state index in [4.69, 9.17) is 11.6 Å². The quantitative estimate of drug-likeness (QED) is 0.767. The Morgan fingerprint density at radius 3 is 2.62 bits per heavy atom. The van der Waals surface area contributed by atoms with Crippen LogP contribution in [0.4, 0.5) is 5.82 Å². The predicted octanol–water partition coefficient (Wildman–Crippen LogP) is 5.11. The Morgan fingerprint density at radius 2 is 2.00 bits per heavy atom. The smallest absolute Gasteiger partial charge is 0.255 e. The molecule has 1 fully saturated rings. The van der Waals surface area contributed by atoms with Gasteiger partial charge in [0.05, 0.1) is 27.3 Å². The number of piperidine rings is 1. The number of aromatic nitrogens is 2. The van der Waals surface area contributed by atoms with Crippen LogP contribution in [0.5, 0.6) is 0 Å². The van der Waals surface area contributed by atoms with Gasteiger partial charge in [-0.25, -0.2) is 9.97 Å². The molecule has 1 saturated heterocycles. The fraction of sp³-hybridized carbons (Fsp3) is 0.526. The zero-order valence-electron chi connectivity index (χ0n) is 15.5. The molecule has 1 unspecified atom stereocenters. The second kappa shape index (κ2) is 8.35. The van der Waals surface area contributed by atoms with E-state index in [0.29, 0.717) is 22.3 Å². The average molecular weight is 393 g/mol. The van der Waals surface area contributed by atoms with Gasteiger partial charge in [0.2, 0.25) is 0 Å². The second-order valence-corrected chi connectivity index (χ2v) is 8.34. The third kappa shape index (κ3) is 4.35. The van der Waals surface area contributed by atoms with Gasteiger partial charge in [-0.05, 0) is 32.3 Å². The summed E-state index contributed by atoms with van der Waals surface area (Å²) >= 11 is 8.05. The molecule has 0 saturated carbocycles. The van der Waals surface area contributed by atoms with E-state index >= 15 is 0 Å². The molecular formula is C19H25ClN4OS. The Morgan fingerprint density at radius 1 is 1.27 bits per heavy atom. The molecule has 1 N–H and O–H groups in total. The summed E-state index contributed by atoms with van der Waals surface area (Å²) in [7, 11) is 0. The molecular weight excluding hydrogens is 368 g/mol. The summed E-state index contributed by atoms with van der Waals surface area (Å²) < 4.78 is 0. The molecule has 0 radical (unpaired) electrons. The maximum atomic E-state index is 12.6. The monoisotopic (exact) mass is 392 g/mol. The number of hydrogen-bond acceptors (Lipinski definition) is 5. The third-order valence-electron chi connectivity index (χ3n) is 4.56. The summed E-state index contributed by atoms with van der Waals surface area (Å²) in [6, 6.07) is 1.70. The highest BCUT2D eigenvalue weighted by Gasteiger charge is 2.20. The summed E-state index contributed by atoms with van der Waals surface area (Å²) in [4.78, 5) is 23.5. The summed E-state index contributed by atoms with van der Waals surface area (Å²) in [5.74, 6) is 1.01. The van der Waals surface area contributed by atoms with E-state index < -0.39 is 0 Å². The van der Waals surface area contributed by atoms with Crippen molar-refractivity contribution in [3.63, 3.8) is 0 Å². The lowest BCUT2D eigenvalue weighted by molar-refractivity contribution is 0.0724. The van der Waals surface area contributed by atoms with Gasteiger partial charge >= 0.3 is 0 Å². The van der Waals surface area contributed by atoms with Gasteiger partial charge in [-0.1, -0.05) is 25.4 Å². The standard InChI is InChI=1S/C19H25ClN4OS/c1-12(2)18-23-16(11-26-18)13(3)22-17-15(20)9-14(10-21-17)19(25)24-7-5-4-6-8-24/h9-13H,4-8H2,1-3H3,(H,21,22). The highest BCUT2D eigenvalue weighted by Crippen LogP contribution is 2.28. The van der Waals surface area contributed by atoms with E-state index in [2.05, 4.69) is 34.5 Å². The maximum absolute atomic E-state index is 12.6. The molecule has 140 valence electrons. The van der Waals surface area contributed by atoms with Crippen molar-refractivity contribution in [3.8, 4) is 0 Å². The van der Waals surface area contributed by atoms with Crippen molar-refractivity contribution in [1.82, 2.24) is 14.9 Å². The van der Waals surface area contributed by atoms with Crippen LogP contribution in [0.1, 0.15) is 73.1 Å². The van der Waals surface area contributed by atoms with Crippen LogP contribution in [0.15, 0.2) is 17.6 Å². The fourth-order valence-corrected chi connectivity index (χ4v) is 4.13. The van der Waals surface area contributed by atoms with Gasteiger partial charge in [-0.3, -0.25) is 4.79 Å². The number of pyridine rings is 1.